The highest BCUT2D eigenvalue weighted by Gasteiger charge is 2.34. The minimum atomic E-state index is 0.0690. The molecule has 1 aromatic carbocycles. The molecule has 7 heteroatoms. The van der Waals surface area contributed by atoms with Gasteiger partial charge in [0, 0.05) is 44.0 Å². The van der Waals surface area contributed by atoms with Crippen molar-refractivity contribution in [2.24, 2.45) is 5.92 Å². The first-order valence-electron chi connectivity index (χ1n) is 11.0. The van der Waals surface area contributed by atoms with Gasteiger partial charge in [0.1, 0.15) is 0 Å². The Morgan fingerprint density at radius 1 is 1.03 bits per heavy atom. The van der Waals surface area contributed by atoms with Crippen LogP contribution in [-0.4, -0.2) is 46.7 Å². The van der Waals surface area contributed by atoms with Crippen molar-refractivity contribution in [2.75, 3.05) is 24.8 Å². The third-order valence-corrected chi connectivity index (χ3v) is 6.52. The van der Waals surface area contributed by atoms with Crippen molar-refractivity contribution in [1.82, 2.24) is 14.9 Å². The van der Waals surface area contributed by atoms with E-state index in [9.17, 15) is 4.79 Å². The van der Waals surface area contributed by atoms with E-state index in [0.717, 1.165) is 61.8 Å². The van der Waals surface area contributed by atoms with Crippen LogP contribution in [0.1, 0.15) is 44.1 Å². The summed E-state index contributed by atoms with van der Waals surface area (Å²) in [4.78, 5) is 26.6. The monoisotopic (exact) mass is 408 g/mol. The average Bonchev–Trinajstić information content (AvgIpc) is 3.49. The predicted octanol–water partition coefficient (Wildman–Crippen LogP) is 3.39. The first-order chi connectivity index (χ1) is 14.8. The molecule has 2 aromatic rings. The molecule has 2 fully saturated rings. The van der Waals surface area contributed by atoms with Gasteiger partial charge in [-0.1, -0.05) is 18.9 Å². The van der Waals surface area contributed by atoms with Gasteiger partial charge in [-0.25, -0.2) is 9.97 Å². The van der Waals surface area contributed by atoms with Crippen molar-refractivity contribution >= 4 is 11.9 Å². The van der Waals surface area contributed by atoms with E-state index < -0.39 is 0 Å². The molecule has 3 aliphatic rings. The van der Waals surface area contributed by atoms with Gasteiger partial charge in [-0.3, -0.25) is 4.79 Å². The quantitative estimate of drug-likeness (QED) is 0.755. The van der Waals surface area contributed by atoms with Gasteiger partial charge < -0.3 is 19.3 Å². The Morgan fingerprint density at radius 3 is 2.53 bits per heavy atom. The van der Waals surface area contributed by atoms with Gasteiger partial charge in [-0.2, -0.15) is 0 Å². The zero-order chi connectivity index (χ0) is 20.3. The molecular weight excluding hydrogens is 380 g/mol. The van der Waals surface area contributed by atoms with Crippen molar-refractivity contribution in [2.45, 2.75) is 51.1 Å². The number of piperidine rings is 1. The lowest BCUT2D eigenvalue weighted by Crippen LogP contribution is -2.46. The van der Waals surface area contributed by atoms with Crippen LogP contribution in [0.3, 0.4) is 0 Å². The molecule has 1 aromatic heterocycles. The van der Waals surface area contributed by atoms with Crippen LogP contribution in [0.25, 0.3) is 0 Å². The van der Waals surface area contributed by atoms with Crippen LogP contribution in [0.5, 0.6) is 11.5 Å². The number of amides is 1. The molecule has 0 radical (unpaired) electrons. The highest BCUT2D eigenvalue weighted by Crippen LogP contribution is 2.34. The fourth-order valence-corrected chi connectivity index (χ4v) is 4.85. The van der Waals surface area contributed by atoms with E-state index in [1.54, 1.807) is 12.4 Å². The summed E-state index contributed by atoms with van der Waals surface area (Å²) in [5.74, 6) is 2.69. The van der Waals surface area contributed by atoms with E-state index in [1.165, 1.54) is 12.8 Å². The second-order valence-electron chi connectivity index (χ2n) is 8.40. The molecule has 0 N–H and O–H groups in total. The highest BCUT2D eigenvalue weighted by atomic mass is 16.7. The van der Waals surface area contributed by atoms with Gasteiger partial charge in [0.2, 0.25) is 18.6 Å². The topological polar surface area (TPSA) is 67.8 Å². The number of hydrogen-bond acceptors (Lipinski definition) is 6. The number of carbonyl (C=O) groups is 1. The Kier molecular flexibility index (Phi) is 5.43. The molecule has 1 saturated carbocycles. The summed E-state index contributed by atoms with van der Waals surface area (Å²) in [6.45, 7) is 2.56. The summed E-state index contributed by atoms with van der Waals surface area (Å²) in [7, 11) is 0. The molecule has 0 atom stereocenters. The minimum absolute atomic E-state index is 0.0690. The Labute approximate surface area is 177 Å². The Balaban J connectivity index is 1.28. The van der Waals surface area contributed by atoms with Gasteiger partial charge in [0.25, 0.3) is 0 Å². The fourth-order valence-electron chi connectivity index (χ4n) is 4.85. The van der Waals surface area contributed by atoms with E-state index in [4.69, 9.17) is 9.47 Å². The number of fused-ring (bicyclic) bond motifs is 1. The fraction of sp³-hybridized carbons (Fsp3) is 0.522. The van der Waals surface area contributed by atoms with Gasteiger partial charge >= 0.3 is 0 Å². The first kappa shape index (κ1) is 19.2. The molecule has 0 spiro atoms. The highest BCUT2D eigenvalue weighted by molar-refractivity contribution is 5.79. The number of aromatic nitrogens is 2. The van der Waals surface area contributed by atoms with Crippen molar-refractivity contribution < 1.29 is 14.3 Å². The number of ether oxygens (including phenoxy) is 2. The maximum Gasteiger partial charge on any atom is 0.231 e. The first-order valence-corrected chi connectivity index (χ1v) is 11.0. The maximum atomic E-state index is 13.6. The van der Waals surface area contributed by atoms with Crippen LogP contribution >= 0.6 is 0 Å². The Hall–Kier alpha value is -2.83. The van der Waals surface area contributed by atoms with Crippen LogP contribution in [-0.2, 0) is 11.3 Å². The lowest BCUT2D eigenvalue weighted by atomic mass is 9.94. The van der Waals surface area contributed by atoms with Gasteiger partial charge in [-0.05, 0) is 49.4 Å². The van der Waals surface area contributed by atoms with Crippen LogP contribution in [0.2, 0.25) is 0 Å². The molecule has 0 bridgehead atoms. The smallest absolute Gasteiger partial charge is 0.231 e. The van der Waals surface area contributed by atoms with Gasteiger partial charge in [0.15, 0.2) is 11.5 Å². The third kappa shape index (κ3) is 3.93. The SMILES string of the molecule is O=C(C1CCN(c2ncccn2)CC1)N(Cc1ccc2c(c1)OCO2)C1CCCC1. The molecule has 1 saturated heterocycles. The average molecular weight is 409 g/mol. The van der Waals surface area contributed by atoms with Gasteiger partial charge in [0.05, 0.1) is 0 Å². The Bertz CT molecular complexity index is 877. The number of anilines is 1. The summed E-state index contributed by atoms with van der Waals surface area (Å²) in [5, 5.41) is 0. The maximum absolute atomic E-state index is 13.6. The number of hydrogen-bond donors (Lipinski definition) is 0. The standard InChI is InChI=1S/C23H28N4O3/c28-22(18-8-12-26(13-9-18)23-24-10-3-11-25-23)27(19-4-1-2-5-19)15-17-6-7-20-21(14-17)30-16-29-20/h3,6-7,10-11,14,18-19H,1-2,4-5,8-9,12-13,15-16H2. The van der Waals surface area contributed by atoms with Crippen LogP contribution < -0.4 is 14.4 Å². The van der Waals surface area contributed by atoms with Gasteiger partial charge in [-0.15, -0.1) is 0 Å². The van der Waals surface area contributed by atoms with E-state index in [2.05, 4.69) is 25.8 Å². The summed E-state index contributed by atoms with van der Waals surface area (Å²) >= 11 is 0. The molecule has 1 amide bonds. The lowest BCUT2D eigenvalue weighted by Gasteiger charge is -2.36. The van der Waals surface area contributed by atoms with Crippen molar-refractivity contribution in [3.63, 3.8) is 0 Å². The molecule has 7 nitrogen and oxygen atoms in total. The Morgan fingerprint density at radius 2 is 1.77 bits per heavy atom. The lowest BCUT2D eigenvalue weighted by molar-refractivity contribution is -0.139. The van der Waals surface area contributed by atoms with E-state index in [0.29, 0.717) is 18.5 Å². The summed E-state index contributed by atoms with van der Waals surface area (Å²) in [5.41, 5.74) is 1.11. The largest absolute Gasteiger partial charge is 0.454 e. The molecule has 158 valence electrons. The molecule has 3 heterocycles. The number of carbonyl (C=O) groups excluding carboxylic acids is 1. The predicted molar refractivity (Wildman–Crippen MR) is 112 cm³/mol. The number of rotatable bonds is 5. The molecule has 30 heavy (non-hydrogen) atoms. The van der Waals surface area contributed by atoms with Crippen molar-refractivity contribution in [3.05, 3.63) is 42.2 Å². The van der Waals surface area contributed by atoms with Crippen LogP contribution in [0, 0.1) is 5.92 Å². The van der Waals surface area contributed by atoms with E-state index in [1.807, 2.05) is 18.2 Å². The zero-order valence-corrected chi connectivity index (χ0v) is 17.2. The van der Waals surface area contributed by atoms with Crippen molar-refractivity contribution in [3.8, 4) is 11.5 Å². The summed E-state index contributed by atoms with van der Waals surface area (Å²) in [6.07, 6.45) is 9.86. The summed E-state index contributed by atoms with van der Waals surface area (Å²) in [6, 6.07) is 8.20. The molecule has 0 unspecified atom stereocenters. The molecule has 2 aliphatic heterocycles. The molecule has 5 rings (SSSR count). The molecule has 1 aliphatic carbocycles. The number of nitrogens with zero attached hydrogens (tertiary/aromatic N) is 4. The molecular formula is C23H28N4O3. The minimum Gasteiger partial charge on any atom is -0.454 e. The zero-order valence-electron chi connectivity index (χ0n) is 17.2. The van der Waals surface area contributed by atoms with Crippen LogP contribution in [0.15, 0.2) is 36.7 Å². The third-order valence-electron chi connectivity index (χ3n) is 6.52. The normalized spacial score (nSPS) is 19.3. The second kappa shape index (κ2) is 8.50. The number of benzene rings is 1. The van der Waals surface area contributed by atoms with Crippen molar-refractivity contribution in [1.29, 1.82) is 0 Å². The summed E-state index contributed by atoms with van der Waals surface area (Å²) < 4.78 is 11.0. The van der Waals surface area contributed by atoms with E-state index in [-0.39, 0.29) is 12.7 Å². The second-order valence-corrected chi connectivity index (χ2v) is 8.40. The van der Waals surface area contributed by atoms with Crippen LogP contribution in [0.4, 0.5) is 5.95 Å². The van der Waals surface area contributed by atoms with E-state index >= 15 is 0 Å².